The Morgan fingerprint density at radius 2 is 0.982 bits per heavy atom. The summed E-state index contributed by atoms with van der Waals surface area (Å²) in [6.45, 7) is 4.26. The van der Waals surface area contributed by atoms with Crippen molar-refractivity contribution in [2.24, 2.45) is 0 Å². The van der Waals surface area contributed by atoms with Gasteiger partial charge in [-0.25, -0.2) is 0 Å². The molecule has 0 rings (SSSR count). The summed E-state index contributed by atoms with van der Waals surface area (Å²) in [7, 11) is 5.35. The third-order valence-corrected chi connectivity index (χ3v) is 8.17. The van der Waals surface area contributed by atoms with Crippen LogP contribution in [0.5, 0.6) is 0 Å². The van der Waals surface area contributed by atoms with E-state index >= 15 is 0 Å². The number of quaternary nitrogens is 1. The zero-order chi connectivity index (χ0) is 40.7. The smallest absolute Gasteiger partial charge is 0.306 e. The number of carboxylic acid groups (broad SMARTS) is 1. The maximum absolute atomic E-state index is 12.6. The molecule has 0 aromatic heterocycles. The van der Waals surface area contributed by atoms with Crippen molar-refractivity contribution in [2.45, 2.75) is 129 Å². The zero-order valence-corrected chi connectivity index (χ0v) is 34.8. The van der Waals surface area contributed by atoms with Gasteiger partial charge in [0.2, 0.25) is 0 Å². The Balaban J connectivity index is 4.57. The Bertz CT molecular complexity index is 1260. The lowest BCUT2D eigenvalue weighted by Crippen LogP contribution is -2.55. The van der Waals surface area contributed by atoms with Gasteiger partial charge in [0.15, 0.2) is 6.10 Å². The van der Waals surface area contributed by atoms with Gasteiger partial charge in [0.1, 0.15) is 12.6 Å². The number of likely N-dealkylation sites (N-methyl/N-ethyl adjacent to an activating group) is 1. The second-order valence-corrected chi connectivity index (χ2v) is 14.1. The van der Waals surface area contributed by atoms with Crippen molar-refractivity contribution in [3.05, 3.63) is 109 Å². The molecule has 0 aliphatic heterocycles. The number of carbonyl (C=O) groups excluding carboxylic acids is 3. The molecule has 0 saturated heterocycles. The number of nitrogens with zero attached hydrogens (tertiary/aromatic N) is 1. The first kappa shape index (κ1) is 51.0. The van der Waals surface area contributed by atoms with E-state index in [4.69, 9.17) is 14.2 Å². The molecule has 0 aromatic rings. The first-order valence-electron chi connectivity index (χ1n) is 20.4. The molecule has 0 amide bonds. The number of carbonyl (C=O) groups is 3. The van der Waals surface area contributed by atoms with Crippen molar-refractivity contribution in [1.29, 1.82) is 0 Å². The number of hydrogen-bond donors (Lipinski definition) is 0. The topological polar surface area (TPSA) is 102 Å². The van der Waals surface area contributed by atoms with Gasteiger partial charge in [0.05, 0.1) is 40.3 Å². The van der Waals surface area contributed by atoms with Gasteiger partial charge in [-0.3, -0.25) is 9.59 Å². The number of aliphatic carboxylic acids is 1. The number of hydrogen-bond acceptors (Lipinski definition) is 7. The van der Waals surface area contributed by atoms with E-state index in [2.05, 4.69) is 111 Å². The molecule has 0 bridgehead atoms. The van der Waals surface area contributed by atoms with Crippen LogP contribution in [0.3, 0.4) is 0 Å². The standard InChI is InChI=1S/C47H73NO7/c1-6-8-10-12-14-16-18-20-21-22-23-24-25-26-28-29-31-33-35-37-45(49)54-42-43(41-53-40-39-44(47(51)52)48(3,4)5)55-46(50)38-36-34-32-30-27-19-17-15-13-11-9-7-2/h8-11,14-17,20-21,23-24,26-28,30-31,33,43-44H,6-7,12-13,18-19,22,25,29,32,34-42H2,1-5H3/b10-8+,11-9+,16-14+,17-15+,21-20+,24-23+,28-26+,30-27+,33-31+. The Labute approximate surface area is 334 Å². The molecule has 0 radical (unpaired) electrons. The van der Waals surface area contributed by atoms with E-state index in [-0.39, 0.29) is 55.5 Å². The van der Waals surface area contributed by atoms with E-state index < -0.39 is 18.1 Å². The highest BCUT2D eigenvalue weighted by Crippen LogP contribution is 2.10. The van der Waals surface area contributed by atoms with Crippen LogP contribution < -0.4 is 5.11 Å². The fourth-order valence-corrected chi connectivity index (χ4v) is 5.05. The number of ether oxygens (including phenoxy) is 3. The van der Waals surface area contributed by atoms with Crippen LogP contribution in [0.1, 0.15) is 117 Å². The molecule has 0 spiro atoms. The van der Waals surface area contributed by atoms with E-state index in [0.717, 1.165) is 70.6 Å². The molecular formula is C47H73NO7. The third-order valence-electron chi connectivity index (χ3n) is 8.17. The summed E-state index contributed by atoms with van der Waals surface area (Å²) >= 11 is 0. The lowest BCUT2D eigenvalue weighted by molar-refractivity contribution is -0.889. The largest absolute Gasteiger partial charge is 0.544 e. The average Bonchev–Trinajstić information content (AvgIpc) is 3.14. The van der Waals surface area contributed by atoms with Gasteiger partial charge in [-0.2, -0.15) is 0 Å². The number of rotatable bonds is 34. The molecule has 308 valence electrons. The highest BCUT2D eigenvalue weighted by Gasteiger charge is 2.25. The van der Waals surface area contributed by atoms with Crippen LogP contribution >= 0.6 is 0 Å². The van der Waals surface area contributed by atoms with Crippen LogP contribution in [0.15, 0.2) is 109 Å². The second-order valence-electron chi connectivity index (χ2n) is 14.1. The van der Waals surface area contributed by atoms with E-state index in [1.807, 2.05) is 12.2 Å². The molecule has 2 atom stereocenters. The van der Waals surface area contributed by atoms with Crippen molar-refractivity contribution >= 4 is 17.9 Å². The lowest BCUT2D eigenvalue weighted by atomic mass is 10.1. The van der Waals surface area contributed by atoms with Gasteiger partial charge in [-0.15, -0.1) is 0 Å². The fraction of sp³-hybridized carbons (Fsp3) is 0.553. The summed E-state index contributed by atoms with van der Waals surface area (Å²) in [5.74, 6) is -1.92. The number of carboxylic acids is 1. The summed E-state index contributed by atoms with van der Waals surface area (Å²) in [5.41, 5.74) is 0. The van der Waals surface area contributed by atoms with Crippen molar-refractivity contribution in [2.75, 3.05) is 41.0 Å². The minimum Gasteiger partial charge on any atom is -0.544 e. The van der Waals surface area contributed by atoms with Crippen LogP contribution in [0.4, 0.5) is 0 Å². The molecule has 0 N–H and O–H groups in total. The van der Waals surface area contributed by atoms with Crippen molar-refractivity contribution in [3.63, 3.8) is 0 Å². The van der Waals surface area contributed by atoms with Crippen LogP contribution in [-0.4, -0.2) is 75.5 Å². The Hall–Kier alpha value is -4.01. The summed E-state index contributed by atoms with van der Waals surface area (Å²) in [6.07, 6.45) is 50.0. The van der Waals surface area contributed by atoms with E-state index in [9.17, 15) is 19.5 Å². The van der Waals surface area contributed by atoms with Gasteiger partial charge in [-0.1, -0.05) is 123 Å². The molecule has 0 aromatic carbocycles. The molecular weight excluding hydrogens is 691 g/mol. The normalized spacial score (nSPS) is 14.1. The van der Waals surface area contributed by atoms with Gasteiger partial charge in [0, 0.05) is 19.3 Å². The SMILES string of the molecule is CC/C=C/C/C=C/C/C=C/C/C=C/C/C=C/C/C=C/CCC(=O)OCC(COCCC(C(=O)[O-])[N+](C)(C)C)OC(=O)CCCC/C=C/C/C=C/C/C=C/CC. The molecule has 0 aliphatic carbocycles. The fourth-order valence-electron chi connectivity index (χ4n) is 5.05. The summed E-state index contributed by atoms with van der Waals surface area (Å²) in [4.78, 5) is 36.7. The number of allylic oxidation sites excluding steroid dienone is 18. The first-order valence-corrected chi connectivity index (χ1v) is 20.4. The van der Waals surface area contributed by atoms with Crippen molar-refractivity contribution < 1.29 is 38.2 Å². The Morgan fingerprint density at radius 1 is 0.545 bits per heavy atom. The molecule has 0 fully saturated rings. The van der Waals surface area contributed by atoms with Crippen molar-refractivity contribution in [3.8, 4) is 0 Å². The average molecular weight is 764 g/mol. The van der Waals surface area contributed by atoms with Crippen LogP contribution in [-0.2, 0) is 28.6 Å². The molecule has 0 heterocycles. The minimum atomic E-state index is -1.15. The Kier molecular flexibility index (Phi) is 34.2. The predicted octanol–water partition coefficient (Wildman–Crippen LogP) is 9.57. The zero-order valence-electron chi connectivity index (χ0n) is 34.8. The maximum Gasteiger partial charge on any atom is 0.306 e. The first-order chi connectivity index (χ1) is 26.6. The summed E-state index contributed by atoms with van der Waals surface area (Å²) < 4.78 is 17.0. The van der Waals surface area contributed by atoms with E-state index in [1.54, 1.807) is 21.1 Å². The van der Waals surface area contributed by atoms with E-state index in [1.165, 1.54) is 0 Å². The van der Waals surface area contributed by atoms with Crippen LogP contribution in [0.25, 0.3) is 0 Å². The molecule has 55 heavy (non-hydrogen) atoms. The highest BCUT2D eigenvalue weighted by atomic mass is 16.6. The van der Waals surface area contributed by atoms with Gasteiger partial charge in [0.25, 0.3) is 0 Å². The molecule has 8 nitrogen and oxygen atoms in total. The molecule has 2 unspecified atom stereocenters. The minimum absolute atomic E-state index is 0.00638. The summed E-state index contributed by atoms with van der Waals surface area (Å²) in [5, 5.41) is 11.6. The Morgan fingerprint density at radius 3 is 1.42 bits per heavy atom. The van der Waals surface area contributed by atoms with Gasteiger partial charge < -0.3 is 28.6 Å². The molecule has 0 aliphatic rings. The van der Waals surface area contributed by atoms with Gasteiger partial charge >= 0.3 is 11.9 Å². The predicted molar refractivity (Wildman–Crippen MR) is 226 cm³/mol. The van der Waals surface area contributed by atoms with Crippen LogP contribution in [0.2, 0.25) is 0 Å². The monoisotopic (exact) mass is 764 g/mol. The highest BCUT2D eigenvalue weighted by molar-refractivity contribution is 5.70. The molecule has 8 heteroatoms. The quantitative estimate of drug-likeness (QED) is 0.0279. The van der Waals surface area contributed by atoms with Crippen LogP contribution in [0, 0.1) is 0 Å². The third kappa shape index (κ3) is 35.4. The van der Waals surface area contributed by atoms with E-state index in [0.29, 0.717) is 12.8 Å². The maximum atomic E-state index is 12.6. The lowest BCUT2D eigenvalue weighted by Gasteiger charge is -2.34. The van der Waals surface area contributed by atoms with Gasteiger partial charge in [-0.05, 0) is 83.5 Å². The number of esters is 2. The number of unbranched alkanes of at least 4 members (excludes halogenated alkanes) is 2. The van der Waals surface area contributed by atoms with Crippen molar-refractivity contribution in [1.82, 2.24) is 0 Å². The molecule has 0 saturated carbocycles. The second kappa shape index (κ2) is 36.9. The summed E-state index contributed by atoms with van der Waals surface area (Å²) in [6, 6.07) is -0.749.